The lowest BCUT2D eigenvalue weighted by Gasteiger charge is -2.40. The summed E-state index contributed by atoms with van der Waals surface area (Å²) >= 11 is 3.12. The zero-order valence-corrected chi connectivity index (χ0v) is 17.3. The van der Waals surface area contributed by atoms with Gasteiger partial charge in [-0.15, -0.1) is 11.3 Å². The van der Waals surface area contributed by atoms with Gasteiger partial charge in [0, 0.05) is 17.3 Å². The Morgan fingerprint density at radius 3 is 2.69 bits per heavy atom. The number of nitriles is 1. The van der Waals surface area contributed by atoms with Crippen molar-refractivity contribution in [2.75, 3.05) is 7.05 Å². The normalized spacial score (nSPS) is 17.7. The average molecular weight is 389 g/mol. The third-order valence-electron chi connectivity index (χ3n) is 5.43. The van der Waals surface area contributed by atoms with Gasteiger partial charge in [-0.05, 0) is 39.2 Å². The fourth-order valence-corrected chi connectivity index (χ4v) is 5.73. The van der Waals surface area contributed by atoms with Crippen molar-refractivity contribution in [1.82, 2.24) is 14.9 Å². The molecule has 0 N–H and O–H groups in total. The van der Waals surface area contributed by atoms with Crippen LogP contribution >= 0.6 is 23.1 Å². The van der Waals surface area contributed by atoms with E-state index < -0.39 is 5.54 Å². The predicted molar refractivity (Wildman–Crippen MR) is 106 cm³/mol. The molecule has 0 spiro atoms. The van der Waals surface area contributed by atoms with Gasteiger partial charge in [0.15, 0.2) is 0 Å². The third-order valence-corrected chi connectivity index (χ3v) is 7.63. The number of aromatic nitrogens is 2. The minimum Gasteiger partial charge on any atom is -0.326 e. The molecule has 2 aromatic rings. The van der Waals surface area contributed by atoms with Crippen LogP contribution in [-0.2, 0) is 4.79 Å². The van der Waals surface area contributed by atoms with E-state index in [-0.39, 0.29) is 11.2 Å². The zero-order chi connectivity index (χ0) is 18.9. The lowest BCUT2D eigenvalue weighted by molar-refractivity contribution is -0.133. The second-order valence-electron chi connectivity index (χ2n) is 7.00. The van der Waals surface area contributed by atoms with Gasteiger partial charge in [-0.2, -0.15) is 5.26 Å². The maximum absolute atomic E-state index is 13.1. The van der Waals surface area contributed by atoms with Gasteiger partial charge in [-0.3, -0.25) is 4.79 Å². The van der Waals surface area contributed by atoms with E-state index in [2.05, 4.69) is 29.9 Å². The van der Waals surface area contributed by atoms with Crippen LogP contribution < -0.4 is 0 Å². The number of carbonyl (C=O) groups is 1. The van der Waals surface area contributed by atoms with Crippen LogP contribution in [0, 0.1) is 25.2 Å². The number of rotatable bonds is 4. The van der Waals surface area contributed by atoms with Crippen LogP contribution in [-0.4, -0.2) is 38.6 Å². The summed E-state index contributed by atoms with van der Waals surface area (Å²) in [6.45, 7) is 6.06. The van der Waals surface area contributed by atoms with Gasteiger partial charge in [0.05, 0.1) is 11.3 Å². The van der Waals surface area contributed by atoms with E-state index in [1.807, 2.05) is 6.92 Å². The van der Waals surface area contributed by atoms with Crippen molar-refractivity contribution >= 4 is 39.2 Å². The summed E-state index contributed by atoms with van der Waals surface area (Å²) in [5, 5.41) is 11.3. The zero-order valence-electron chi connectivity index (χ0n) is 15.7. The van der Waals surface area contributed by atoms with Crippen LogP contribution in [0.2, 0.25) is 0 Å². The second kappa shape index (κ2) is 7.53. The molecule has 0 saturated heterocycles. The number of nitrogens with zero attached hydrogens (tertiary/aromatic N) is 4. The Morgan fingerprint density at radius 2 is 2.04 bits per heavy atom. The van der Waals surface area contributed by atoms with Crippen LogP contribution in [0.1, 0.15) is 49.5 Å². The molecule has 0 aromatic carbocycles. The Morgan fingerprint density at radius 1 is 1.35 bits per heavy atom. The third kappa shape index (κ3) is 3.33. The smallest absolute Gasteiger partial charge is 0.236 e. The van der Waals surface area contributed by atoms with Crippen molar-refractivity contribution in [3.8, 4) is 6.07 Å². The van der Waals surface area contributed by atoms with Crippen LogP contribution in [0.3, 0.4) is 0 Å². The maximum Gasteiger partial charge on any atom is 0.236 e. The van der Waals surface area contributed by atoms with Gasteiger partial charge in [-0.25, -0.2) is 9.97 Å². The number of aryl methyl sites for hydroxylation is 2. The first-order chi connectivity index (χ1) is 12.4. The lowest BCUT2D eigenvalue weighted by atomic mass is 9.81. The quantitative estimate of drug-likeness (QED) is 0.571. The number of hydrogen-bond donors (Lipinski definition) is 0. The van der Waals surface area contributed by atoms with Gasteiger partial charge >= 0.3 is 0 Å². The molecule has 0 radical (unpaired) electrons. The minimum atomic E-state index is -0.653. The number of amides is 1. The Kier molecular flexibility index (Phi) is 5.54. The molecule has 1 aliphatic rings. The highest BCUT2D eigenvalue weighted by Gasteiger charge is 2.40. The number of carbonyl (C=O) groups excluding carboxylic acids is 1. The van der Waals surface area contributed by atoms with E-state index in [0.29, 0.717) is 0 Å². The number of hydrogen-bond acceptors (Lipinski definition) is 6. The molecule has 2 aromatic heterocycles. The molecule has 7 heteroatoms. The average Bonchev–Trinajstić information content (AvgIpc) is 2.96. The van der Waals surface area contributed by atoms with Crippen LogP contribution in [0.25, 0.3) is 10.2 Å². The van der Waals surface area contributed by atoms with Crippen LogP contribution in [0.4, 0.5) is 0 Å². The SMILES string of the molecule is Cc1sc2ncnc(S[C@@H](C)C(=O)N(C)C3(C#N)CCCCC3)c2c1C. The summed E-state index contributed by atoms with van der Waals surface area (Å²) in [7, 11) is 1.78. The molecular formula is C19H24N4OS2. The standard InChI is InChI=1S/C19H24N4OS2/c1-12-13(2)25-16-15(12)17(22-11-21-16)26-14(3)18(24)23(4)19(10-20)8-6-5-7-9-19/h11,14H,5-9H2,1-4H3/t14-/m0/s1. The Balaban J connectivity index is 1.83. The first-order valence-electron chi connectivity index (χ1n) is 8.96. The molecule has 2 heterocycles. The predicted octanol–water partition coefficient (Wildman–Crippen LogP) is 4.47. The van der Waals surface area contributed by atoms with Crippen molar-refractivity contribution in [3.63, 3.8) is 0 Å². The molecule has 0 aliphatic heterocycles. The number of thioether (sulfide) groups is 1. The molecule has 1 fully saturated rings. The molecule has 3 rings (SSSR count). The van der Waals surface area contributed by atoms with Gasteiger partial charge in [0.1, 0.15) is 21.7 Å². The van der Waals surface area contributed by atoms with Crippen molar-refractivity contribution in [3.05, 3.63) is 16.8 Å². The molecular weight excluding hydrogens is 364 g/mol. The summed E-state index contributed by atoms with van der Waals surface area (Å²) in [6, 6.07) is 2.43. The largest absolute Gasteiger partial charge is 0.326 e. The molecule has 1 saturated carbocycles. The second-order valence-corrected chi connectivity index (χ2v) is 9.54. The number of fused-ring (bicyclic) bond motifs is 1. The Labute approximate surface area is 162 Å². The molecule has 1 aliphatic carbocycles. The molecule has 138 valence electrons. The van der Waals surface area contributed by atoms with E-state index in [4.69, 9.17) is 0 Å². The monoisotopic (exact) mass is 388 g/mol. The first-order valence-corrected chi connectivity index (χ1v) is 10.7. The molecule has 26 heavy (non-hydrogen) atoms. The Hall–Kier alpha value is -1.65. The topological polar surface area (TPSA) is 69.9 Å². The summed E-state index contributed by atoms with van der Waals surface area (Å²) in [4.78, 5) is 25.7. The molecule has 1 atom stereocenters. The van der Waals surface area contributed by atoms with Crippen LogP contribution in [0.15, 0.2) is 11.4 Å². The maximum atomic E-state index is 13.1. The molecule has 0 bridgehead atoms. The summed E-state index contributed by atoms with van der Waals surface area (Å²) < 4.78 is 0. The van der Waals surface area contributed by atoms with Crippen molar-refractivity contribution < 1.29 is 4.79 Å². The van der Waals surface area contributed by atoms with E-state index in [9.17, 15) is 10.1 Å². The van der Waals surface area contributed by atoms with E-state index in [0.717, 1.165) is 47.3 Å². The summed E-state index contributed by atoms with van der Waals surface area (Å²) in [5.41, 5.74) is 0.530. The highest BCUT2D eigenvalue weighted by atomic mass is 32.2. The highest BCUT2D eigenvalue weighted by Crippen LogP contribution is 2.38. The van der Waals surface area contributed by atoms with Gasteiger partial charge < -0.3 is 4.90 Å². The van der Waals surface area contributed by atoms with Gasteiger partial charge in [0.2, 0.25) is 5.91 Å². The summed E-state index contributed by atoms with van der Waals surface area (Å²) in [5.74, 6) is -0.00480. The first kappa shape index (κ1) is 19.1. The summed E-state index contributed by atoms with van der Waals surface area (Å²) in [6.07, 6.45) is 6.26. The molecule has 5 nitrogen and oxygen atoms in total. The van der Waals surface area contributed by atoms with Crippen molar-refractivity contribution in [1.29, 1.82) is 5.26 Å². The fourth-order valence-electron chi connectivity index (χ4n) is 3.60. The highest BCUT2D eigenvalue weighted by molar-refractivity contribution is 8.00. The minimum absolute atomic E-state index is 0.00480. The van der Waals surface area contributed by atoms with Crippen molar-refractivity contribution in [2.24, 2.45) is 0 Å². The number of thiophene rings is 1. The van der Waals surface area contributed by atoms with Crippen molar-refractivity contribution in [2.45, 2.75) is 68.7 Å². The van der Waals surface area contributed by atoms with Gasteiger partial charge in [-0.1, -0.05) is 31.0 Å². The van der Waals surface area contributed by atoms with E-state index in [1.54, 1.807) is 29.6 Å². The molecule has 1 amide bonds. The van der Waals surface area contributed by atoms with E-state index in [1.165, 1.54) is 22.2 Å². The lowest BCUT2D eigenvalue weighted by Crippen LogP contribution is -2.52. The van der Waals surface area contributed by atoms with Gasteiger partial charge in [0.25, 0.3) is 0 Å². The Bertz CT molecular complexity index is 864. The fraction of sp³-hybridized carbons (Fsp3) is 0.579. The van der Waals surface area contributed by atoms with E-state index >= 15 is 0 Å². The van der Waals surface area contributed by atoms with Crippen LogP contribution in [0.5, 0.6) is 0 Å². The molecule has 0 unspecified atom stereocenters.